The molecule has 1 saturated carbocycles. The molecule has 5 fully saturated rings. The zero-order chi connectivity index (χ0) is 48.4. The number of carbonyl (C=O) groups is 3. The molecule has 15 nitrogen and oxygen atoms in total. The summed E-state index contributed by atoms with van der Waals surface area (Å²) >= 11 is 0. The van der Waals surface area contributed by atoms with Crippen molar-refractivity contribution < 1.29 is 33.0 Å². The summed E-state index contributed by atoms with van der Waals surface area (Å²) in [6.45, 7) is 14.0. The molecule has 2 aromatic heterocycles. The van der Waals surface area contributed by atoms with E-state index in [2.05, 4.69) is 61.1 Å². The van der Waals surface area contributed by atoms with Crippen LogP contribution in [-0.4, -0.2) is 143 Å². The Morgan fingerprint density at radius 3 is 2.40 bits per heavy atom. The normalized spacial score (nSPS) is 23.2. The number of amides is 3. The monoisotopic (exact) mass is 952 g/mol. The molecule has 11 rings (SSSR count). The Balaban J connectivity index is 0.724. The van der Waals surface area contributed by atoms with E-state index in [1.165, 1.54) is 24.3 Å². The van der Waals surface area contributed by atoms with Gasteiger partial charge >= 0.3 is 6.01 Å². The number of ether oxygens (including phenoxy) is 1. The van der Waals surface area contributed by atoms with Gasteiger partial charge in [-0.3, -0.25) is 29.6 Å². The van der Waals surface area contributed by atoms with Crippen LogP contribution in [0.5, 0.6) is 11.8 Å². The molecule has 3 N–H and O–H groups in total. The summed E-state index contributed by atoms with van der Waals surface area (Å²) in [6.07, 6.45) is 12.2. The number of pyridine rings is 1. The SMILES string of the molecule is C#Cc1c(F)ccc2cc(O)cc(-c3ncc4c(N5CC(C)NC(C)C5)nc(OCC5(CN6CCC(CN7CCN(c8ccc9c(c8)CN(C8CCC(=O)NC8=O)C9=O)CC7)CC6)CC5)nc4c3F)c12. The van der Waals surface area contributed by atoms with E-state index in [-0.39, 0.29) is 75.2 Å². The van der Waals surface area contributed by atoms with Crippen LogP contribution in [0.1, 0.15) is 73.9 Å². The lowest BCUT2D eigenvalue weighted by Gasteiger charge is -2.40. The van der Waals surface area contributed by atoms with E-state index in [4.69, 9.17) is 21.1 Å². The number of aromatic nitrogens is 3. The molecule has 3 atom stereocenters. The van der Waals surface area contributed by atoms with E-state index in [0.29, 0.717) is 60.7 Å². The summed E-state index contributed by atoms with van der Waals surface area (Å²) in [6, 6.07) is 11.3. The number of piperazine rings is 2. The van der Waals surface area contributed by atoms with Crippen molar-refractivity contribution in [3.8, 4) is 35.4 Å². The fourth-order valence-electron chi connectivity index (χ4n) is 11.6. The molecular formula is C53H58F2N10O5. The summed E-state index contributed by atoms with van der Waals surface area (Å²) in [5.41, 5.74) is 2.62. The summed E-state index contributed by atoms with van der Waals surface area (Å²) in [5.74, 6) is 1.21. The lowest BCUT2D eigenvalue weighted by Crippen LogP contribution is -2.54. The number of anilines is 2. The Bertz CT molecular complexity index is 2950. The number of phenols is 1. The minimum absolute atomic E-state index is 0.0216. The number of imide groups is 1. The molecule has 5 aliphatic heterocycles. The molecule has 4 saturated heterocycles. The Hall–Kier alpha value is -6.48. The smallest absolute Gasteiger partial charge is 0.319 e. The molecule has 364 valence electrons. The number of terminal acetylenes is 1. The zero-order valence-corrected chi connectivity index (χ0v) is 39.6. The highest BCUT2D eigenvalue weighted by molar-refractivity contribution is 6.06. The molecule has 6 aliphatic rings. The molecule has 17 heteroatoms. The van der Waals surface area contributed by atoms with E-state index in [1.807, 2.05) is 12.1 Å². The minimum Gasteiger partial charge on any atom is -0.508 e. The maximum Gasteiger partial charge on any atom is 0.319 e. The van der Waals surface area contributed by atoms with Gasteiger partial charge in [-0.2, -0.15) is 9.97 Å². The summed E-state index contributed by atoms with van der Waals surface area (Å²) in [5, 5.41) is 17.8. The van der Waals surface area contributed by atoms with E-state index in [9.17, 15) is 19.5 Å². The largest absolute Gasteiger partial charge is 0.508 e. The average Bonchev–Trinajstić information content (AvgIpc) is 4.04. The number of carbonyl (C=O) groups excluding carboxylic acids is 3. The predicted molar refractivity (Wildman–Crippen MR) is 262 cm³/mol. The molecule has 3 amide bonds. The minimum atomic E-state index is -0.744. The number of halogens is 2. The fourth-order valence-corrected chi connectivity index (χ4v) is 11.6. The topological polar surface area (TPSA) is 160 Å². The van der Waals surface area contributed by atoms with Crippen molar-refractivity contribution in [3.05, 3.63) is 77.0 Å². The molecule has 5 aromatic rings. The first kappa shape index (κ1) is 45.9. The van der Waals surface area contributed by atoms with Crippen LogP contribution in [0.25, 0.3) is 32.9 Å². The second kappa shape index (κ2) is 18.4. The maximum atomic E-state index is 17.1. The Labute approximate surface area is 405 Å². The second-order valence-electron chi connectivity index (χ2n) is 20.6. The number of nitrogens with zero attached hydrogens (tertiary/aromatic N) is 8. The first-order valence-corrected chi connectivity index (χ1v) is 24.7. The van der Waals surface area contributed by atoms with Crippen molar-refractivity contribution >= 4 is 50.9 Å². The van der Waals surface area contributed by atoms with Gasteiger partial charge in [0.1, 0.15) is 34.6 Å². The highest BCUT2D eigenvalue weighted by Gasteiger charge is 2.46. The molecule has 70 heavy (non-hydrogen) atoms. The number of hydrogen-bond donors (Lipinski definition) is 3. The van der Waals surface area contributed by atoms with Crippen LogP contribution in [0, 0.1) is 35.3 Å². The number of piperidine rings is 2. The molecule has 0 spiro atoms. The third kappa shape index (κ3) is 8.85. The molecule has 3 aromatic carbocycles. The highest BCUT2D eigenvalue weighted by Crippen LogP contribution is 2.47. The molecule has 3 unspecified atom stereocenters. The van der Waals surface area contributed by atoms with Gasteiger partial charge in [-0.15, -0.1) is 6.42 Å². The van der Waals surface area contributed by atoms with Gasteiger partial charge in [0, 0.05) is 111 Å². The van der Waals surface area contributed by atoms with Crippen molar-refractivity contribution in [1.82, 2.24) is 40.3 Å². The molecule has 7 heterocycles. The number of rotatable bonds is 11. The van der Waals surface area contributed by atoms with Gasteiger partial charge in [-0.25, -0.2) is 8.78 Å². The van der Waals surface area contributed by atoms with Gasteiger partial charge in [0.25, 0.3) is 5.91 Å². The van der Waals surface area contributed by atoms with Crippen LogP contribution in [0.2, 0.25) is 0 Å². The van der Waals surface area contributed by atoms with E-state index < -0.39 is 23.6 Å². The van der Waals surface area contributed by atoms with E-state index in [1.54, 1.807) is 11.1 Å². The van der Waals surface area contributed by atoms with Gasteiger partial charge in [0.2, 0.25) is 11.8 Å². The molecular weight excluding hydrogens is 895 g/mol. The van der Waals surface area contributed by atoms with Gasteiger partial charge < -0.3 is 34.8 Å². The Morgan fingerprint density at radius 2 is 1.67 bits per heavy atom. The van der Waals surface area contributed by atoms with Crippen LogP contribution < -0.4 is 25.2 Å². The number of benzene rings is 3. The highest BCUT2D eigenvalue weighted by atomic mass is 19.1. The third-order valence-corrected chi connectivity index (χ3v) is 15.4. The van der Waals surface area contributed by atoms with Crippen LogP contribution in [0.3, 0.4) is 0 Å². The van der Waals surface area contributed by atoms with Gasteiger partial charge in [-0.05, 0) is 112 Å². The second-order valence-corrected chi connectivity index (χ2v) is 20.6. The summed E-state index contributed by atoms with van der Waals surface area (Å²) in [7, 11) is 0. The quantitative estimate of drug-likeness (QED) is 0.114. The van der Waals surface area contributed by atoms with Crippen molar-refractivity contribution in [1.29, 1.82) is 0 Å². The summed E-state index contributed by atoms with van der Waals surface area (Å²) < 4.78 is 38.6. The van der Waals surface area contributed by atoms with Gasteiger partial charge in [0.05, 0.1) is 17.6 Å². The van der Waals surface area contributed by atoms with Crippen molar-refractivity contribution in [3.63, 3.8) is 0 Å². The lowest BCUT2D eigenvalue weighted by molar-refractivity contribution is -0.136. The first-order valence-electron chi connectivity index (χ1n) is 24.7. The van der Waals surface area contributed by atoms with Crippen molar-refractivity contribution in [2.24, 2.45) is 11.3 Å². The first-order chi connectivity index (χ1) is 33.8. The standard InChI is InChI=1S/C53H58F2N10O5/c1-4-38-42(54)8-5-34-22-37(66)23-40(45(34)38)47-46(55)48-41(24-56-47)49(64-25-31(2)57-32(3)26-64)60-52(59-48)70-30-53(13-14-53)29-62-15-11-33(12-16-62)27-61-17-19-63(20-18-61)36-6-7-39-35(21-36)28-65(51(39)69)43-9-10-44(67)58-50(43)68/h1,5-8,21-24,31-33,43,57,66H,9-20,25-30H2,2-3H3,(H,58,67,68). The number of hydrogen-bond acceptors (Lipinski definition) is 13. The zero-order valence-electron chi connectivity index (χ0n) is 39.6. The van der Waals surface area contributed by atoms with Crippen molar-refractivity contribution in [2.75, 3.05) is 81.9 Å². The summed E-state index contributed by atoms with van der Waals surface area (Å²) in [4.78, 5) is 62.9. The molecule has 0 bridgehead atoms. The van der Waals surface area contributed by atoms with Crippen molar-refractivity contribution in [2.45, 2.75) is 77.0 Å². The van der Waals surface area contributed by atoms with Crippen LogP contribution in [-0.2, 0) is 16.1 Å². The van der Waals surface area contributed by atoms with Gasteiger partial charge in [-0.1, -0.05) is 12.0 Å². The van der Waals surface area contributed by atoms with Gasteiger partial charge in [0.15, 0.2) is 5.82 Å². The Kier molecular flexibility index (Phi) is 12.0. The number of fused-ring (bicyclic) bond motifs is 3. The molecule has 0 radical (unpaired) electrons. The van der Waals surface area contributed by atoms with Crippen LogP contribution >= 0.6 is 0 Å². The van der Waals surface area contributed by atoms with E-state index >= 15 is 8.78 Å². The molecule has 1 aliphatic carbocycles. The Morgan fingerprint density at radius 1 is 0.900 bits per heavy atom. The number of nitrogens with one attached hydrogen (secondary N) is 2. The predicted octanol–water partition coefficient (Wildman–Crippen LogP) is 5.45. The maximum absolute atomic E-state index is 17.1. The number of aromatic hydroxyl groups is 1. The van der Waals surface area contributed by atoms with E-state index in [0.717, 1.165) is 89.3 Å². The fraction of sp³-hybridized carbons (Fsp3) is 0.472. The number of phenolic OH excluding ortho intramolecular Hbond substituents is 1. The third-order valence-electron chi connectivity index (χ3n) is 15.4. The lowest BCUT2D eigenvalue weighted by atomic mass is 9.94. The van der Waals surface area contributed by atoms with Crippen LogP contribution in [0.4, 0.5) is 20.3 Å². The average molecular weight is 953 g/mol. The number of likely N-dealkylation sites (tertiary alicyclic amines) is 1. The van der Waals surface area contributed by atoms with Crippen LogP contribution in [0.15, 0.2) is 48.7 Å².